The third-order valence-corrected chi connectivity index (χ3v) is 5.98. The van der Waals surface area contributed by atoms with E-state index in [1.165, 1.54) is 31.2 Å². The van der Waals surface area contributed by atoms with Crippen molar-refractivity contribution in [3.63, 3.8) is 0 Å². The second-order valence-electron chi connectivity index (χ2n) is 7.56. The van der Waals surface area contributed by atoms with Crippen molar-refractivity contribution in [2.45, 2.75) is 37.6 Å². The van der Waals surface area contributed by atoms with Crippen LogP contribution in [0.25, 0.3) is 0 Å². The maximum Gasteiger partial charge on any atom is 0.296 e. The van der Waals surface area contributed by atoms with E-state index >= 15 is 0 Å². The van der Waals surface area contributed by atoms with Crippen LogP contribution in [-0.2, 0) is 23.9 Å². The number of nitrogens with zero attached hydrogens (tertiary/aromatic N) is 1. The Balaban J connectivity index is 1.61. The third kappa shape index (κ3) is 4.80. The molecule has 0 saturated heterocycles. The van der Waals surface area contributed by atoms with Gasteiger partial charge in [0, 0.05) is 19.2 Å². The van der Waals surface area contributed by atoms with E-state index in [4.69, 9.17) is 4.18 Å². The zero-order valence-electron chi connectivity index (χ0n) is 17.1. The van der Waals surface area contributed by atoms with Crippen LogP contribution in [0, 0.1) is 0 Å². The molecule has 0 spiro atoms. The molecule has 0 aromatic heterocycles. The summed E-state index contributed by atoms with van der Waals surface area (Å²) in [5.74, 6) is -0.327. The standard InChI is InChI=1S/C21H25N3O5S/c1-15(25)22-16-9-11-17(12-10-16)30(27,28)29-14-6-13-24-19-8-5-4-7-18(19)23-21(2,3)20(24)26/h4-5,7-12,23H,6,13-14H2,1-3H3,(H,22,25). The first kappa shape index (κ1) is 21.8. The second-order valence-corrected chi connectivity index (χ2v) is 9.17. The monoisotopic (exact) mass is 431 g/mol. The quantitative estimate of drug-likeness (QED) is 0.516. The number of hydrogen-bond donors (Lipinski definition) is 2. The molecule has 0 atom stereocenters. The molecule has 1 aliphatic heterocycles. The Morgan fingerprint density at radius 2 is 1.80 bits per heavy atom. The van der Waals surface area contributed by atoms with Gasteiger partial charge < -0.3 is 15.5 Å². The summed E-state index contributed by atoms with van der Waals surface area (Å²) >= 11 is 0. The minimum absolute atomic E-state index is 0.00123. The van der Waals surface area contributed by atoms with Gasteiger partial charge in [0.25, 0.3) is 16.0 Å². The van der Waals surface area contributed by atoms with Crippen molar-refractivity contribution in [2.75, 3.05) is 28.7 Å². The molecule has 2 amide bonds. The Kier molecular flexibility index (Phi) is 6.14. The average Bonchev–Trinajstić information content (AvgIpc) is 2.67. The molecule has 9 heteroatoms. The molecule has 0 unspecified atom stereocenters. The van der Waals surface area contributed by atoms with E-state index in [0.717, 1.165) is 11.4 Å². The van der Waals surface area contributed by atoms with Crippen molar-refractivity contribution in [1.29, 1.82) is 0 Å². The Bertz CT molecular complexity index is 1050. The lowest BCUT2D eigenvalue weighted by Crippen LogP contribution is -2.54. The van der Waals surface area contributed by atoms with Crippen LogP contribution < -0.4 is 15.5 Å². The van der Waals surface area contributed by atoms with Gasteiger partial charge in [-0.05, 0) is 56.7 Å². The smallest absolute Gasteiger partial charge is 0.296 e. The van der Waals surface area contributed by atoms with E-state index in [9.17, 15) is 18.0 Å². The maximum absolute atomic E-state index is 12.8. The van der Waals surface area contributed by atoms with Crippen molar-refractivity contribution in [1.82, 2.24) is 0 Å². The van der Waals surface area contributed by atoms with Crippen molar-refractivity contribution in [2.24, 2.45) is 0 Å². The summed E-state index contributed by atoms with van der Waals surface area (Å²) in [4.78, 5) is 25.5. The molecule has 8 nitrogen and oxygen atoms in total. The van der Waals surface area contributed by atoms with Gasteiger partial charge in [0.2, 0.25) is 5.91 Å². The van der Waals surface area contributed by atoms with E-state index in [1.807, 2.05) is 38.1 Å². The minimum atomic E-state index is -3.93. The van der Waals surface area contributed by atoms with Crippen molar-refractivity contribution < 1.29 is 22.2 Å². The molecule has 0 saturated carbocycles. The molecule has 2 N–H and O–H groups in total. The van der Waals surface area contributed by atoms with Crippen LogP contribution in [0.15, 0.2) is 53.4 Å². The molecule has 160 valence electrons. The highest BCUT2D eigenvalue weighted by molar-refractivity contribution is 7.86. The highest BCUT2D eigenvalue weighted by atomic mass is 32.2. The number of nitrogens with one attached hydrogen (secondary N) is 2. The number of carbonyl (C=O) groups excluding carboxylic acids is 2. The van der Waals surface area contributed by atoms with Crippen LogP contribution in [0.2, 0.25) is 0 Å². The lowest BCUT2D eigenvalue weighted by Gasteiger charge is -2.40. The van der Waals surface area contributed by atoms with Gasteiger partial charge in [-0.3, -0.25) is 13.8 Å². The summed E-state index contributed by atoms with van der Waals surface area (Å²) in [6, 6.07) is 13.2. The molecule has 2 aromatic rings. The van der Waals surface area contributed by atoms with Crippen molar-refractivity contribution in [3.05, 3.63) is 48.5 Å². The number of para-hydroxylation sites is 2. The topological polar surface area (TPSA) is 105 Å². The Hall–Kier alpha value is -2.91. The molecule has 0 bridgehead atoms. The fourth-order valence-corrected chi connectivity index (χ4v) is 4.18. The fraction of sp³-hybridized carbons (Fsp3) is 0.333. The largest absolute Gasteiger partial charge is 0.370 e. The van der Waals surface area contributed by atoms with Crippen molar-refractivity contribution in [3.8, 4) is 0 Å². The minimum Gasteiger partial charge on any atom is -0.370 e. The van der Waals surface area contributed by atoms with E-state index in [2.05, 4.69) is 10.6 Å². The third-order valence-electron chi connectivity index (χ3n) is 4.65. The van der Waals surface area contributed by atoms with Crippen LogP contribution in [-0.4, -0.2) is 38.9 Å². The molecule has 3 rings (SSSR count). The SMILES string of the molecule is CC(=O)Nc1ccc(S(=O)(=O)OCCCN2C(=O)C(C)(C)Nc3ccccc32)cc1. The van der Waals surface area contributed by atoms with Gasteiger partial charge in [-0.2, -0.15) is 8.42 Å². The predicted octanol–water partition coefficient (Wildman–Crippen LogP) is 2.98. The van der Waals surface area contributed by atoms with E-state index < -0.39 is 15.7 Å². The number of fused-ring (bicyclic) bond motifs is 1. The van der Waals surface area contributed by atoms with Crippen LogP contribution >= 0.6 is 0 Å². The summed E-state index contributed by atoms with van der Waals surface area (Å²) in [6.07, 6.45) is 0.347. The van der Waals surface area contributed by atoms with E-state index in [0.29, 0.717) is 18.7 Å². The lowest BCUT2D eigenvalue weighted by atomic mass is 9.98. The van der Waals surface area contributed by atoms with Gasteiger partial charge in [0.05, 0.1) is 22.9 Å². The van der Waals surface area contributed by atoms with Crippen molar-refractivity contribution >= 4 is 39.0 Å². The number of benzene rings is 2. The molecule has 1 heterocycles. The first-order valence-electron chi connectivity index (χ1n) is 9.56. The maximum atomic E-state index is 12.8. The van der Waals surface area contributed by atoms with Crippen LogP contribution in [0.1, 0.15) is 27.2 Å². The molecule has 1 aliphatic rings. The van der Waals surface area contributed by atoms with Gasteiger partial charge in [0.1, 0.15) is 5.54 Å². The summed E-state index contributed by atoms with van der Waals surface area (Å²) in [7, 11) is -3.93. The summed E-state index contributed by atoms with van der Waals surface area (Å²) in [5, 5.41) is 5.80. The van der Waals surface area contributed by atoms with E-state index in [-0.39, 0.29) is 23.3 Å². The number of anilines is 3. The van der Waals surface area contributed by atoms with Crippen LogP contribution in [0.3, 0.4) is 0 Å². The van der Waals surface area contributed by atoms with Crippen LogP contribution in [0.5, 0.6) is 0 Å². The van der Waals surface area contributed by atoms with E-state index in [1.54, 1.807) is 4.90 Å². The normalized spacial score (nSPS) is 15.3. The van der Waals surface area contributed by atoms with Gasteiger partial charge in [0.15, 0.2) is 0 Å². The molecular formula is C21H25N3O5S. The molecule has 30 heavy (non-hydrogen) atoms. The van der Waals surface area contributed by atoms with Gasteiger partial charge in [-0.1, -0.05) is 12.1 Å². The summed E-state index contributed by atoms with van der Waals surface area (Å²) < 4.78 is 29.9. The Labute approximate surface area is 176 Å². The first-order valence-corrected chi connectivity index (χ1v) is 11.0. The lowest BCUT2D eigenvalue weighted by molar-refractivity contribution is -0.122. The Morgan fingerprint density at radius 1 is 1.13 bits per heavy atom. The van der Waals surface area contributed by atoms with Crippen LogP contribution in [0.4, 0.5) is 17.1 Å². The highest BCUT2D eigenvalue weighted by Crippen LogP contribution is 2.35. The van der Waals surface area contributed by atoms with Gasteiger partial charge in [-0.25, -0.2) is 0 Å². The molecular weight excluding hydrogens is 406 g/mol. The zero-order valence-corrected chi connectivity index (χ0v) is 18.0. The highest BCUT2D eigenvalue weighted by Gasteiger charge is 2.38. The number of hydrogen-bond acceptors (Lipinski definition) is 6. The predicted molar refractivity (Wildman–Crippen MR) is 115 cm³/mol. The molecule has 0 radical (unpaired) electrons. The molecule has 0 fully saturated rings. The van der Waals surface area contributed by atoms with Gasteiger partial charge in [-0.15, -0.1) is 0 Å². The van der Waals surface area contributed by atoms with Gasteiger partial charge >= 0.3 is 0 Å². The fourth-order valence-electron chi connectivity index (χ4n) is 3.24. The zero-order chi connectivity index (χ0) is 21.9. The first-order chi connectivity index (χ1) is 14.1. The number of carbonyl (C=O) groups is 2. The summed E-state index contributed by atoms with van der Waals surface area (Å²) in [6.45, 7) is 5.26. The second kappa shape index (κ2) is 8.45. The number of amides is 2. The Morgan fingerprint density at radius 3 is 2.47 bits per heavy atom. The molecule has 2 aromatic carbocycles. The average molecular weight is 432 g/mol. The number of rotatable bonds is 7. The summed E-state index contributed by atoms with van der Waals surface area (Å²) in [5.41, 5.74) is 1.37. The molecule has 0 aliphatic carbocycles.